The number of phenolic OH excluding ortho intramolecular Hbond substituents is 3. The van der Waals surface area contributed by atoms with E-state index in [1.54, 1.807) is 41.5 Å². The third-order valence-corrected chi connectivity index (χ3v) is 13.1. The normalized spacial score (nSPS) is 12.2. The molecule has 0 radical (unpaired) electrons. The van der Waals surface area contributed by atoms with Gasteiger partial charge in [-0.05, 0) is 28.8 Å². The van der Waals surface area contributed by atoms with Gasteiger partial charge in [-0.1, -0.05) is 41.5 Å². The van der Waals surface area contributed by atoms with E-state index < -0.39 is 71.1 Å². The van der Waals surface area contributed by atoms with Crippen LogP contribution in [0.3, 0.4) is 0 Å². The summed E-state index contributed by atoms with van der Waals surface area (Å²) in [6.07, 6.45) is 0. The van der Waals surface area contributed by atoms with Gasteiger partial charge < -0.3 is 20.1 Å². The first kappa shape index (κ1) is 25.5. The Hall–Kier alpha value is -2.75. The van der Waals surface area contributed by atoms with Crippen LogP contribution in [0, 0.1) is 23.3 Å². The average molecular weight is 475 g/mol. The van der Waals surface area contributed by atoms with E-state index in [1.807, 2.05) is 0 Å². The summed E-state index contributed by atoms with van der Waals surface area (Å²) < 4.78 is 65.0. The molecule has 0 bridgehead atoms. The summed E-state index contributed by atoms with van der Waals surface area (Å²) in [5.41, 5.74) is -1.40. The average Bonchev–Trinajstić information content (AvgIpc) is 2.69. The van der Waals surface area contributed by atoms with Crippen molar-refractivity contribution in [3.8, 4) is 23.0 Å². The van der Waals surface area contributed by atoms with Gasteiger partial charge in [0.05, 0.1) is 5.56 Å². The molecule has 2 aromatic rings. The highest BCUT2D eigenvalue weighted by Crippen LogP contribution is 2.43. The fourth-order valence-electron chi connectivity index (χ4n) is 4.82. The Balaban J connectivity index is 2.69. The first-order valence-electron chi connectivity index (χ1n) is 10.0. The number of phenols is 3. The van der Waals surface area contributed by atoms with Gasteiger partial charge in [0, 0.05) is 5.19 Å². The van der Waals surface area contributed by atoms with E-state index in [-0.39, 0.29) is 16.6 Å². The number of rotatable bonds is 6. The Kier molecular flexibility index (Phi) is 7.18. The van der Waals surface area contributed by atoms with E-state index in [2.05, 4.69) is 4.74 Å². The fourth-order valence-corrected chi connectivity index (χ4v) is 11.5. The van der Waals surface area contributed by atoms with Crippen molar-refractivity contribution in [2.45, 2.75) is 58.2 Å². The van der Waals surface area contributed by atoms with Crippen LogP contribution in [0.2, 0.25) is 16.6 Å². The lowest BCUT2D eigenvalue weighted by Crippen LogP contribution is -2.58. The number of esters is 1. The Morgan fingerprint density at radius 2 is 1.16 bits per heavy atom. The molecule has 0 saturated heterocycles. The molecule has 32 heavy (non-hydrogen) atoms. The first-order chi connectivity index (χ1) is 14.7. The van der Waals surface area contributed by atoms with Crippen molar-refractivity contribution in [2.75, 3.05) is 0 Å². The number of carbonyl (C=O) groups excluding carboxylic acids is 1. The van der Waals surface area contributed by atoms with Crippen molar-refractivity contribution in [3.05, 3.63) is 41.0 Å². The van der Waals surface area contributed by atoms with Crippen LogP contribution in [0.4, 0.5) is 17.6 Å². The van der Waals surface area contributed by atoms with Crippen LogP contribution in [0.15, 0.2) is 12.1 Å². The van der Waals surface area contributed by atoms with Crippen molar-refractivity contribution < 1.29 is 42.4 Å². The molecular formula is C22H26F4O5Si. The van der Waals surface area contributed by atoms with E-state index in [4.69, 9.17) is 0 Å². The highest BCUT2D eigenvalue weighted by atomic mass is 28.3. The molecule has 0 aromatic heterocycles. The van der Waals surface area contributed by atoms with E-state index in [1.165, 1.54) is 0 Å². The Morgan fingerprint density at radius 1 is 0.781 bits per heavy atom. The monoisotopic (exact) mass is 474 g/mol. The van der Waals surface area contributed by atoms with Crippen molar-refractivity contribution in [3.63, 3.8) is 0 Å². The number of aromatic hydroxyl groups is 3. The van der Waals surface area contributed by atoms with Gasteiger partial charge in [-0.3, -0.25) is 0 Å². The van der Waals surface area contributed by atoms with Gasteiger partial charge >= 0.3 is 5.97 Å². The van der Waals surface area contributed by atoms with Crippen molar-refractivity contribution in [1.29, 1.82) is 0 Å². The summed E-state index contributed by atoms with van der Waals surface area (Å²) in [6, 6.07) is 1.31. The molecule has 0 unspecified atom stereocenters. The molecule has 2 rings (SSSR count). The predicted octanol–water partition coefficient (Wildman–Crippen LogP) is 5.46. The first-order valence-corrected chi connectivity index (χ1v) is 12.3. The highest BCUT2D eigenvalue weighted by Gasteiger charge is 2.50. The lowest BCUT2D eigenvalue weighted by Gasteiger charge is -2.43. The van der Waals surface area contributed by atoms with Crippen LogP contribution in [0.5, 0.6) is 23.0 Å². The molecule has 0 aliphatic rings. The SMILES string of the molecule is CC(C)[Si](c1c(F)c(F)c(OC(=O)c2cc(O)c(O)c(O)c2)c(F)c1F)(C(C)C)C(C)C. The number of ether oxygens (including phenoxy) is 1. The third kappa shape index (κ3) is 3.91. The molecular weight excluding hydrogens is 448 g/mol. The third-order valence-electron chi connectivity index (χ3n) is 6.02. The lowest BCUT2D eigenvalue weighted by atomic mass is 10.2. The van der Waals surface area contributed by atoms with E-state index in [0.29, 0.717) is 12.1 Å². The molecule has 3 N–H and O–H groups in total. The van der Waals surface area contributed by atoms with Crippen molar-refractivity contribution in [2.24, 2.45) is 0 Å². The smallest absolute Gasteiger partial charge is 0.344 e. The Labute approximate surface area is 184 Å². The molecule has 0 aliphatic carbocycles. The Bertz CT molecular complexity index is 979. The number of carbonyl (C=O) groups is 1. The van der Waals surface area contributed by atoms with Gasteiger partial charge in [0.25, 0.3) is 0 Å². The highest BCUT2D eigenvalue weighted by molar-refractivity contribution is 6.95. The minimum atomic E-state index is -3.17. The molecule has 176 valence electrons. The van der Waals surface area contributed by atoms with E-state index in [9.17, 15) is 28.9 Å². The van der Waals surface area contributed by atoms with Crippen LogP contribution in [-0.4, -0.2) is 29.4 Å². The number of halogens is 4. The fraction of sp³-hybridized carbons (Fsp3) is 0.409. The zero-order valence-corrected chi connectivity index (χ0v) is 19.6. The van der Waals surface area contributed by atoms with Crippen molar-refractivity contribution in [1.82, 2.24) is 0 Å². The largest absolute Gasteiger partial charge is 0.504 e. The van der Waals surface area contributed by atoms with Gasteiger partial charge in [0.2, 0.25) is 17.4 Å². The number of hydrogen-bond acceptors (Lipinski definition) is 5. The molecule has 5 nitrogen and oxygen atoms in total. The minimum absolute atomic E-state index is 0.262. The van der Waals surface area contributed by atoms with Gasteiger partial charge in [0.15, 0.2) is 28.9 Å². The van der Waals surface area contributed by atoms with Gasteiger partial charge in [-0.2, -0.15) is 8.78 Å². The zero-order chi connectivity index (χ0) is 24.7. The van der Waals surface area contributed by atoms with Crippen LogP contribution in [0.25, 0.3) is 0 Å². The molecule has 0 fully saturated rings. The minimum Gasteiger partial charge on any atom is -0.504 e. The van der Waals surface area contributed by atoms with Gasteiger partial charge in [-0.15, -0.1) is 0 Å². The summed E-state index contributed by atoms with van der Waals surface area (Å²) in [5.74, 6) is -12.7. The summed E-state index contributed by atoms with van der Waals surface area (Å²) in [7, 11) is -3.17. The topological polar surface area (TPSA) is 87.0 Å². The van der Waals surface area contributed by atoms with Crippen LogP contribution >= 0.6 is 0 Å². The van der Waals surface area contributed by atoms with Crippen LogP contribution in [0.1, 0.15) is 51.9 Å². The second kappa shape index (κ2) is 9.01. The molecule has 2 aromatic carbocycles. The molecule has 0 heterocycles. The standard InChI is InChI=1S/C22H26F4O5Si/c1-9(2)32(10(3)4,11(5)6)21-17(25)15(23)20(16(24)18(21)26)31-22(30)12-7-13(27)19(29)14(28)8-12/h7-11,27-29H,1-6H3. The maximum Gasteiger partial charge on any atom is 0.344 e. The number of benzene rings is 2. The van der Waals surface area contributed by atoms with E-state index in [0.717, 1.165) is 0 Å². The molecule has 0 amide bonds. The molecule has 10 heteroatoms. The zero-order valence-electron chi connectivity index (χ0n) is 18.6. The van der Waals surface area contributed by atoms with Crippen LogP contribution < -0.4 is 9.92 Å². The van der Waals surface area contributed by atoms with Gasteiger partial charge in [0.1, 0.15) is 8.07 Å². The lowest BCUT2D eigenvalue weighted by molar-refractivity contribution is 0.0716. The number of hydrogen-bond donors (Lipinski definition) is 3. The molecule has 0 atom stereocenters. The Morgan fingerprint density at radius 3 is 1.50 bits per heavy atom. The second-order valence-corrected chi connectivity index (χ2v) is 14.4. The molecule has 0 saturated carbocycles. The summed E-state index contributed by atoms with van der Waals surface area (Å²) in [5, 5.41) is 27.7. The molecule has 0 aliphatic heterocycles. The maximum atomic E-state index is 15.3. The van der Waals surface area contributed by atoms with Crippen LogP contribution in [-0.2, 0) is 0 Å². The quantitative estimate of drug-likeness (QED) is 0.129. The maximum absolute atomic E-state index is 15.3. The summed E-state index contributed by atoms with van der Waals surface area (Å²) in [6.45, 7) is 10.6. The predicted molar refractivity (Wildman–Crippen MR) is 113 cm³/mol. The summed E-state index contributed by atoms with van der Waals surface area (Å²) >= 11 is 0. The van der Waals surface area contributed by atoms with Crippen molar-refractivity contribution >= 4 is 19.2 Å². The second-order valence-electron chi connectivity index (χ2n) is 8.61. The van der Waals surface area contributed by atoms with Gasteiger partial charge in [-0.25, -0.2) is 13.6 Å². The van der Waals surface area contributed by atoms with E-state index >= 15 is 8.78 Å². The molecule has 0 spiro atoms. The summed E-state index contributed by atoms with van der Waals surface area (Å²) in [4.78, 5) is 12.3.